The van der Waals surface area contributed by atoms with Gasteiger partial charge in [0.2, 0.25) is 5.91 Å². The van der Waals surface area contributed by atoms with E-state index in [-0.39, 0.29) is 17.4 Å². The molecule has 1 fully saturated rings. The van der Waals surface area contributed by atoms with Crippen molar-refractivity contribution < 1.29 is 4.79 Å². The molecule has 88 valence electrons. The molecule has 15 heavy (non-hydrogen) atoms. The van der Waals surface area contributed by atoms with Crippen molar-refractivity contribution in [2.24, 2.45) is 17.1 Å². The summed E-state index contributed by atoms with van der Waals surface area (Å²) in [5, 5.41) is 0. The van der Waals surface area contributed by atoms with Crippen LogP contribution in [0.3, 0.4) is 0 Å². The number of nitrogens with zero attached hydrogens (tertiary/aromatic N) is 1. The van der Waals surface area contributed by atoms with Gasteiger partial charge in [0.25, 0.3) is 0 Å². The Morgan fingerprint density at radius 1 is 1.53 bits per heavy atom. The molecule has 1 heterocycles. The van der Waals surface area contributed by atoms with Crippen LogP contribution in [-0.4, -0.2) is 29.9 Å². The lowest BCUT2D eigenvalue weighted by Gasteiger charge is -2.39. The molecule has 3 nitrogen and oxygen atoms in total. The molecule has 1 saturated heterocycles. The van der Waals surface area contributed by atoms with Gasteiger partial charge in [0, 0.05) is 24.5 Å². The Morgan fingerprint density at radius 3 is 2.60 bits per heavy atom. The summed E-state index contributed by atoms with van der Waals surface area (Å²) >= 11 is 0. The van der Waals surface area contributed by atoms with E-state index in [1.165, 1.54) is 0 Å². The maximum atomic E-state index is 12.2. The van der Waals surface area contributed by atoms with E-state index < -0.39 is 0 Å². The number of rotatable bonds is 2. The summed E-state index contributed by atoms with van der Waals surface area (Å²) in [5.74, 6) is 0.708. The highest BCUT2D eigenvalue weighted by Gasteiger charge is 2.33. The smallest absolute Gasteiger partial charge is 0.228 e. The lowest BCUT2D eigenvalue weighted by Crippen LogP contribution is -2.51. The van der Waals surface area contributed by atoms with Crippen LogP contribution < -0.4 is 5.73 Å². The molecule has 0 aromatic heterocycles. The zero-order valence-electron chi connectivity index (χ0n) is 10.4. The highest BCUT2D eigenvalue weighted by atomic mass is 16.2. The first-order valence-electron chi connectivity index (χ1n) is 5.93. The van der Waals surface area contributed by atoms with Crippen molar-refractivity contribution in [2.75, 3.05) is 13.1 Å². The molecular weight excluding hydrogens is 188 g/mol. The Bertz CT molecular complexity index is 238. The van der Waals surface area contributed by atoms with Gasteiger partial charge in [-0.05, 0) is 18.8 Å². The maximum absolute atomic E-state index is 12.2. The molecule has 0 radical (unpaired) electrons. The van der Waals surface area contributed by atoms with Crippen molar-refractivity contribution >= 4 is 5.91 Å². The Kier molecular flexibility index (Phi) is 3.77. The molecule has 0 saturated carbocycles. The summed E-state index contributed by atoms with van der Waals surface area (Å²) in [5.41, 5.74) is 5.72. The van der Waals surface area contributed by atoms with Gasteiger partial charge < -0.3 is 10.6 Å². The number of amides is 1. The molecule has 1 rings (SSSR count). The summed E-state index contributed by atoms with van der Waals surface area (Å²) in [6, 6.07) is 0.263. The van der Waals surface area contributed by atoms with Gasteiger partial charge in [-0.25, -0.2) is 0 Å². The van der Waals surface area contributed by atoms with Crippen LogP contribution in [0.25, 0.3) is 0 Å². The maximum Gasteiger partial charge on any atom is 0.228 e. The van der Waals surface area contributed by atoms with Crippen LogP contribution in [0, 0.1) is 11.3 Å². The van der Waals surface area contributed by atoms with Crippen molar-refractivity contribution in [2.45, 2.75) is 46.6 Å². The molecular formula is C12H24N2O. The van der Waals surface area contributed by atoms with Crippen molar-refractivity contribution in [3.63, 3.8) is 0 Å². The molecule has 1 aliphatic rings. The Labute approximate surface area is 93.0 Å². The van der Waals surface area contributed by atoms with Gasteiger partial charge in [-0.3, -0.25) is 4.79 Å². The summed E-state index contributed by atoms with van der Waals surface area (Å²) in [7, 11) is 0. The third-order valence-electron chi connectivity index (χ3n) is 3.72. The largest absolute Gasteiger partial charge is 0.342 e. The molecule has 1 amide bonds. The molecule has 0 aromatic carbocycles. The zero-order chi connectivity index (χ0) is 11.6. The fraction of sp³-hybridized carbons (Fsp3) is 0.917. The van der Waals surface area contributed by atoms with E-state index in [2.05, 4.69) is 13.8 Å². The summed E-state index contributed by atoms with van der Waals surface area (Å²) in [6.07, 6.45) is 1.83. The quantitative estimate of drug-likeness (QED) is 0.756. The monoisotopic (exact) mass is 212 g/mol. The molecule has 0 aliphatic carbocycles. The fourth-order valence-corrected chi connectivity index (χ4v) is 1.93. The molecule has 2 N–H and O–H groups in total. The van der Waals surface area contributed by atoms with Gasteiger partial charge in [-0.15, -0.1) is 0 Å². The van der Waals surface area contributed by atoms with Crippen LogP contribution >= 0.6 is 0 Å². The van der Waals surface area contributed by atoms with E-state index in [1.54, 1.807) is 0 Å². The Hall–Kier alpha value is -0.570. The molecule has 0 bridgehead atoms. The number of piperidine rings is 1. The van der Waals surface area contributed by atoms with Crippen LogP contribution in [0.5, 0.6) is 0 Å². The second-order valence-corrected chi connectivity index (χ2v) is 5.42. The van der Waals surface area contributed by atoms with Crippen LogP contribution in [0.1, 0.15) is 40.5 Å². The van der Waals surface area contributed by atoms with Crippen molar-refractivity contribution in [3.05, 3.63) is 0 Å². The number of carbonyl (C=O) groups is 1. The van der Waals surface area contributed by atoms with Gasteiger partial charge in [-0.1, -0.05) is 27.7 Å². The molecule has 0 spiro atoms. The van der Waals surface area contributed by atoms with Crippen molar-refractivity contribution in [1.82, 2.24) is 4.90 Å². The second-order valence-electron chi connectivity index (χ2n) is 5.42. The van der Waals surface area contributed by atoms with Gasteiger partial charge in [0.05, 0.1) is 0 Å². The molecule has 2 atom stereocenters. The molecule has 1 aliphatic heterocycles. The van der Waals surface area contributed by atoms with Crippen LogP contribution in [-0.2, 0) is 4.79 Å². The van der Waals surface area contributed by atoms with Crippen LogP contribution in [0.15, 0.2) is 0 Å². The van der Waals surface area contributed by atoms with Gasteiger partial charge in [0.15, 0.2) is 0 Å². The third kappa shape index (κ3) is 2.71. The van der Waals surface area contributed by atoms with E-state index in [0.717, 1.165) is 25.9 Å². The molecule has 3 heteroatoms. The minimum Gasteiger partial charge on any atom is -0.342 e. The SMILES string of the molecule is CCC(C)(C)C(=O)N1CCC(N)C(C)C1. The number of hydrogen-bond donors (Lipinski definition) is 1. The number of nitrogens with two attached hydrogens (primary N) is 1. The predicted molar refractivity (Wildman–Crippen MR) is 62.4 cm³/mol. The normalized spacial score (nSPS) is 27.9. The van der Waals surface area contributed by atoms with Crippen LogP contribution in [0.2, 0.25) is 0 Å². The first-order chi connectivity index (χ1) is 6.88. The highest BCUT2D eigenvalue weighted by molar-refractivity contribution is 5.82. The summed E-state index contributed by atoms with van der Waals surface area (Å²) in [6.45, 7) is 9.89. The molecule has 2 unspecified atom stereocenters. The van der Waals surface area contributed by atoms with E-state index in [1.807, 2.05) is 18.7 Å². The molecule has 0 aromatic rings. The average Bonchev–Trinajstić information content (AvgIpc) is 2.21. The van der Waals surface area contributed by atoms with Gasteiger partial charge in [0.1, 0.15) is 0 Å². The number of likely N-dealkylation sites (tertiary alicyclic amines) is 1. The zero-order valence-corrected chi connectivity index (χ0v) is 10.4. The van der Waals surface area contributed by atoms with Gasteiger partial charge in [-0.2, -0.15) is 0 Å². The van der Waals surface area contributed by atoms with E-state index in [0.29, 0.717) is 5.92 Å². The van der Waals surface area contributed by atoms with E-state index in [9.17, 15) is 4.79 Å². The van der Waals surface area contributed by atoms with Gasteiger partial charge >= 0.3 is 0 Å². The van der Waals surface area contributed by atoms with E-state index >= 15 is 0 Å². The van der Waals surface area contributed by atoms with Crippen molar-refractivity contribution in [3.8, 4) is 0 Å². The first-order valence-corrected chi connectivity index (χ1v) is 5.93. The second kappa shape index (κ2) is 4.52. The average molecular weight is 212 g/mol. The lowest BCUT2D eigenvalue weighted by atomic mass is 9.86. The highest BCUT2D eigenvalue weighted by Crippen LogP contribution is 2.26. The van der Waals surface area contributed by atoms with Crippen molar-refractivity contribution in [1.29, 1.82) is 0 Å². The minimum absolute atomic E-state index is 0.221. The Morgan fingerprint density at radius 2 is 2.13 bits per heavy atom. The fourth-order valence-electron chi connectivity index (χ4n) is 1.93. The van der Waals surface area contributed by atoms with E-state index in [4.69, 9.17) is 5.73 Å². The minimum atomic E-state index is -0.221. The standard InChI is InChI=1S/C12H24N2O/c1-5-12(3,4)11(15)14-7-6-10(13)9(2)8-14/h9-10H,5-8,13H2,1-4H3. The number of hydrogen-bond acceptors (Lipinski definition) is 2. The third-order valence-corrected chi connectivity index (χ3v) is 3.72. The summed E-state index contributed by atoms with van der Waals surface area (Å²) in [4.78, 5) is 14.2. The predicted octanol–water partition coefficient (Wildman–Crippen LogP) is 1.62. The number of carbonyl (C=O) groups excluding carboxylic acids is 1. The van der Waals surface area contributed by atoms with Crippen LogP contribution in [0.4, 0.5) is 0 Å². The topological polar surface area (TPSA) is 46.3 Å². The lowest BCUT2D eigenvalue weighted by molar-refractivity contribution is -0.142. The first kappa shape index (κ1) is 12.5. The Balaban J connectivity index is 2.62. The summed E-state index contributed by atoms with van der Waals surface area (Å²) < 4.78 is 0.